The highest BCUT2D eigenvalue weighted by atomic mass is 32.2. The summed E-state index contributed by atoms with van der Waals surface area (Å²) < 4.78 is 59.7. The van der Waals surface area contributed by atoms with Crippen LogP contribution in [0, 0.1) is 23.3 Å². The van der Waals surface area contributed by atoms with E-state index < -0.39 is 40.1 Å². The number of carbonyl (C=O) groups is 1. The molecule has 3 rings (SSSR count). The highest BCUT2D eigenvalue weighted by Crippen LogP contribution is 2.29. The van der Waals surface area contributed by atoms with Crippen LogP contribution in [0.3, 0.4) is 0 Å². The number of carbonyl (C=O) groups excluding carboxylic acids is 1. The Kier molecular flexibility index (Phi) is 8.35. The summed E-state index contributed by atoms with van der Waals surface area (Å²) in [4.78, 5) is 13.0. The van der Waals surface area contributed by atoms with Gasteiger partial charge in [-0.05, 0) is 49.5 Å². The van der Waals surface area contributed by atoms with E-state index in [4.69, 9.17) is 17.0 Å². The number of anilines is 3. The average molecular weight is 510 g/mol. The Morgan fingerprint density at radius 3 is 2.29 bits per heavy atom. The molecule has 0 aromatic heterocycles. The molecule has 34 heavy (non-hydrogen) atoms. The van der Waals surface area contributed by atoms with E-state index in [-0.39, 0.29) is 6.07 Å². The number of amides is 1. The van der Waals surface area contributed by atoms with E-state index in [0.717, 1.165) is 11.8 Å². The third-order valence-corrected chi connectivity index (χ3v) is 5.79. The van der Waals surface area contributed by atoms with Crippen LogP contribution in [0.4, 0.5) is 34.6 Å². The monoisotopic (exact) mass is 509 g/mol. The Balaban J connectivity index is 1.65. The summed E-state index contributed by atoms with van der Waals surface area (Å²) in [5.74, 6) is -6.78. The summed E-state index contributed by atoms with van der Waals surface area (Å²) in [6, 6.07) is 14.2. The molecule has 0 radical (unpaired) electrons. The molecule has 3 aromatic rings. The second kappa shape index (κ2) is 11.2. The predicted molar refractivity (Wildman–Crippen MR) is 130 cm³/mol. The van der Waals surface area contributed by atoms with Crippen molar-refractivity contribution in [2.75, 3.05) is 23.1 Å². The zero-order chi connectivity index (χ0) is 24.8. The minimum absolute atomic E-state index is 0.0736. The van der Waals surface area contributed by atoms with Crippen LogP contribution in [-0.4, -0.2) is 23.4 Å². The smallest absolute Gasteiger partial charge is 0.237 e. The third-order valence-electron chi connectivity index (χ3n) is 4.49. The van der Waals surface area contributed by atoms with Crippen molar-refractivity contribution in [1.29, 1.82) is 0 Å². The lowest BCUT2D eigenvalue weighted by molar-refractivity contribution is -0.115. The topological polar surface area (TPSA) is 62.4 Å². The van der Waals surface area contributed by atoms with Gasteiger partial charge in [-0.25, -0.2) is 17.6 Å². The second-order valence-corrected chi connectivity index (χ2v) is 8.72. The van der Waals surface area contributed by atoms with Gasteiger partial charge < -0.3 is 20.7 Å². The van der Waals surface area contributed by atoms with Crippen LogP contribution in [0.1, 0.15) is 6.92 Å². The Morgan fingerprint density at radius 2 is 1.62 bits per heavy atom. The van der Waals surface area contributed by atoms with Gasteiger partial charge in [0, 0.05) is 16.6 Å². The fraction of sp³-hybridized carbons (Fsp3) is 0.130. The summed E-state index contributed by atoms with van der Waals surface area (Å²) in [6.07, 6.45) is 0. The number of ether oxygens (including phenoxy) is 1. The molecule has 178 valence electrons. The SMILES string of the molecule is COc1ccccc1NC(=S)Nc1cccc(SC(C)C(=O)Nc2c(F)c(F)cc(F)c2F)c1. The number of methoxy groups -OCH3 is 1. The molecule has 1 atom stereocenters. The van der Waals surface area contributed by atoms with Crippen LogP contribution in [0.25, 0.3) is 0 Å². The Bertz CT molecular complexity index is 1200. The highest BCUT2D eigenvalue weighted by molar-refractivity contribution is 8.00. The number of rotatable bonds is 7. The van der Waals surface area contributed by atoms with Crippen LogP contribution >= 0.6 is 24.0 Å². The first-order valence-electron chi connectivity index (χ1n) is 9.81. The van der Waals surface area contributed by atoms with Crippen molar-refractivity contribution >= 4 is 52.1 Å². The van der Waals surface area contributed by atoms with Gasteiger partial charge in [-0.2, -0.15) is 0 Å². The first kappa shape index (κ1) is 25.3. The van der Waals surface area contributed by atoms with E-state index >= 15 is 0 Å². The number of nitrogens with one attached hydrogen (secondary N) is 3. The van der Waals surface area contributed by atoms with Gasteiger partial charge in [0.15, 0.2) is 28.4 Å². The molecule has 5 nitrogen and oxygen atoms in total. The van der Waals surface area contributed by atoms with Crippen molar-refractivity contribution in [3.8, 4) is 5.75 Å². The minimum Gasteiger partial charge on any atom is -0.495 e. The van der Waals surface area contributed by atoms with E-state index in [0.29, 0.717) is 27.1 Å². The normalized spacial score (nSPS) is 11.5. The van der Waals surface area contributed by atoms with Gasteiger partial charge in [-0.3, -0.25) is 4.79 Å². The molecule has 0 aliphatic rings. The van der Waals surface area contributed by atoms with E-state index in [1.54, 1.807) is 43.5 Å². The van der Waals surface area contributed by atoms with Gasteiger partial charge in [0.2, 0.25) is 5.91 Å². The van der Waals surface area contributed by atoms with Crippen molar-refractivity contribution < 1.29 is 27.1 Å². The predicted octanol–water partition coefficient (Wildman–Crippen LogP) is 6.18. The first-order chi connectivity index (χ1) is 16.2. The zero-order valence-electron chi connectivity index (χ0n) is 17.9. The molecule has 0 saturated carbocycles. The molecule has 1 unspecified atom stereocenters. The number of benzene rings is 3. The maximum atomic E-state index is 13.8. The van der Waals surface area contributed by atoms with Gasteiger partial charge in [0.05, 0.1) is 18.0 Å². The fourth-order valence-electron chi connectivity index (χ4n) is 2.85. The van der Waals surface area contributed by atoms with Crippen molar-refractivity contribution in [3.05, 3.63) is 77.9 Å². The van der Waals surface area contributed by atoms with E-state index in [1.165, 1.54) is 6.92 Å². The third kappa shape index (κ3) is 6.17. The Hall–Kier alpha value is -3.31. The van der Waals surface area contributed by atoms with Crippen molar-refractivity contribution in [2.45, 2.75) is 17.1 Å². The van der Waals surface area contributed by atoms with E-state index in [1.807, 2.05) is 17.4 Å². The molecule has 0 fully saturated rings. The molecule has 0 spiro atoms. The summed E-state index contributed by atoms with van der Waals surface area (Å²) in [5.41, 5.74) is 0.124. The maximum absolute atomic E-state index is 13.8. The molecule has 0 aliphatic carbocycles. The quantitative estimate of drug-likeness (QED) is 0.153. The van der Waals surface area contributed by atoms with Crippen LogP contribution in [0.5, 0.6) is 5.75 Å². The second-order valence-electron chi connectivity index (χ2n) is 6.90. The lowest BCUT2D eigenvalue weighted by atomic mass is 10.2. The van der Waals surface area contributed by atoms with Crippen LogP contribution in [0.15, 0.2) is 59.5 Å². The largest absolute Gasteiger partial charge is 0.495 e. The molecular formula is C23H19F4N3O2S2. The Labute approximate surface area is 202 Å². The molecular weight excluding hydrogens is 490 g/mol. The van der Waals surface area contributed by atoms with Gasteiger partial charge in [0.1, 0.15) is 11.4 Å². The molecule has 3 N–H and O–H groups in total. The summed E-state index contributed by atoms with van der Waals surface area (Å²) in [6.45, 7) is 1.49. The Morgan fingerprint density at radius 1 is 0.941 bits per heavy atom. The maximum Gasteiger partial charge on any atom is 0.237 e. The van der Waals surface area contributed by atoms with Crippen molar-refractivity contribution in [3.63, 3.8) is 0 Å². The van der Waals surface area contributed by atoms with Crippen LogP contribution in [0.2, 0.25) is 0 Å². The lowest BCUT2D eigenvalue weighted by Gasteiger charge is -2.15. The number of thioether (sulfide) groups is 1. The highest BCUT2D eigenvalue weighted by Gasteiger charge is 2.23. The van der Waals surface area contributed by atoms with E-state index in [2.05, 4.69) is 10.6 Å². The number of thiocarbonyl (C=S) groups is 1. The number of halogens is 4. The number of hydrogen-bond donors (Lipinski definition) is 3. The molecule has 0 bridgehead atoms. The van der Waals surface area contributed by atoms with E-state index in [9.17, 15) is 22.4 Å². The number of hydrogen-bond acceptors (Lipinski definition) is 4. The summed E-state index contributed by atoms with van der Waals surface area (Å²) >= 11 is 6.41. The van der Waals surface area contributed by atoms with Gasteiger partial charge in [-0.15, -0.1) is 11.8 Å². The molecule has 3 aromatic carbocycles. The molecule has 11 heteroatoms. The fourth-order valence-corrected chi connectivity index (χ4v) is 4.00. The van der Waals surface area contributed by atoms with Crippen molar-refractivity contribution in [2.24, 2.45) is 0 Å². The first-order valence-corrected chi connectivity index (χ1v) is 11.1. The van der Waals surface area contributed by atoms with Gasteiger partial charge in [0.25, 0.3) is 0 Å². The lowest BCUT2D eigenvalue weighted by Crippen LogP contribution is -2.24. The molecule has 1 amide bonds. The van der Waals surface area contributed by atoms with Gasteiger partial charge in [-0.1, -0.05) is 18.2 Å². The number of para-hydroxylation sites is 2. The van der Waals surface area contributed by atoms with Gasteiger partial charge >= 0.3 is 0 Å². The average Bonchev–Trinajstić information content (AvgIpc) is 2.81. The van der Waals surface area contributed by atoms with Crippen LogP contribution < -0.4 is 20.7 Å². The zero-order valence-corrected chi connectivity index (χ0v) is 19.6. The molecule has 0 saturated heterocycles. The summed E-state index contributed by atoms with van der Waals surface area (Å²) in [5, 5.41) is 7.42. The standard InChI is InChI=1S/C23H19F4N3O2S2/c1-12(22(31)30-21-19(26)15(24)11-16(25)20(21)27)34-14-7-5-6-13(10-14)28-23(33)29-17-8-3-4-9-18(17)32-2/h3-12H,1-2H3,(H,30,31)(H2,28,29,33). The van der Waals surface area contributed by atoms with Crippen molar-refractivity contribution in [1.82, 2.24) is 0 Å². The molecule has 0 heterocycles. The van der Waals surface area contributed by atoms with Crippen LogP contribution in [-0.2, 0) is 4.79 Å². The summed E-state index contributed by atoms with van der Waals surface area (Å²) in [7, 11) is 1.54. The minimum atomic E-state index is -1.67. The molecule has 0 aliphatic heterocycles.